The van der Waals surface area contributed by atoms with Crippen LogP contribution in [0.4, 0.5) is 0 Å². The number of hydrogen-bond donors (Lipinski definition) is 1. The van der Waals surface area contributed by atoms with Gasteiger partial charge in [-0.2, -0.15) is 0 Å². The molecule has 1 heterocycles. The monoisotopic (exact) mass is 248 g/mol. The van der Waals surface area contributed by atoms with Crippen LogP contribution in [0.2, 0.25) is 0 Å². The molecule has 1 aromatic rings. The fourth-order valence-corrected chi connectivity index (χ4v) is 1.74. The van der Waals surface area contributed by atoms with Gasteiger partial charge >= 0.3 is 0 Å². The minimum atomic E-state index is -2.47. The van der Waals surface area contributed by atoms with Gasteiger partial charge in [0.2, 0.25) is 0 Å². The van der Waals surface area contributed by atoms with Gasteiger partial charge in [-0.25, -0.2) is 4.21 Å². The van der Waals surface area contributed by atoms with Gasteiger partial charge < -0.3 is 0 Å². The standard InChI is InChI=1S/C7H9BrN2OS/c1-12(9,11)5-7-3-2-6(8)4-10-7/h2-4,9H,5H2,1H3. The lowest BCUT2D eigenvalue weighted by molar-refractivity contribution is 0.678. The molecule has 1 aromatic heterocycles. The van der Waals surface area contributed by atoms with E-state index in [1.807, 2.05) is 6.07 Å². The minimum absolute atomic E-state index is 0.222. The van der Waals surface area contributed by atoms with E-state index in [9.17, 15) is 4.21 Å². The summed E-state index contributed by atoms with van der Waals surface area (Å²) in [5, 5.41) is 0. The molecule has 66 valence electrons. The van der Waals surface area contributed by atoms with Crippen LogP contribution in [-0.4, -0.2) is 15.4 Å². The molecule has 0 aliphatic carbocycles. The Bertz CT molecular complexity index is 357. The average molecular weight is 249 g/mol. The van der Waals surface area contributed by atoms with Gasteiger partial charge in [-0.15, -0.1) is 0 Å². The van der Waals surface area contributed by atoms with Gasteiger partial charge in [0, 0.05) is 26.7 Å². The highest BCUT2D eigenvalue weighted by molar-refractivity contribution is 9.10. The van der Waals surface area contributed by atoms with Crippen molar-refractivity contribution in [3.8, 4) is 0 Å². The summed E-state index contributed by atoms with van der Waals surface area (Å²) in [4.78, 5) is 4.02. The molecule has 0 aromatic carbocycles. The third kappa shape index (κ3) is 3.32. The van der Waals surface area contributed by atoms with E-state index < -0.39 is 9.73 Å². The predicted octanol–water partition coefficient (Wildman–Crippen LogP) is 2.02. The average Bonchev–Trinajstić information content (AvgIpc) is 1.91. The number of halogens is 1. The van der Waals surface area contributed by atoms with Gasteiger partial charge in [0.05, 0.1) is 11.4 Å². The normalized spacial score (nSPS) is 15.5. The molecule has 1 rings (SSSR count). The van der Waals surface area contributed by atoms with Crippen LogP contribution in [0.15, 0.2) is 22.8 Å². The first-order chi connectivity index (χ1) is 5.47. The van der Waals surface area contributed by atoms with Crippen molar-refractivity contribution in [3.63, 3.8) is 0 Å². The molecule has 3 nitrogen and oxygen atoms in total. The van der Waals surface area contributed by atoms with Gasteiger partial charge in [-0.1, -0.05) is 0 Å². The first-order valence-corrected chi connectivity index (χ1v) is 6.22. The summed E-state index contributed by atoms with van der Waals surface area (Å²) in [6, 6.07) is 3.59. The van der Waals surface area contributed by atoms with Gasteiger partial charge in [0.25, 0.3) is 0 Å². The second kappa shape index (κ2) is 3.53. The second-order valence-electron chi connectivity index (χ2n) is 2.62. The van der Waals surface area contributed by atoms with E-state index in [0.29, 0.717) is 5.69 Å². The van der Waals surface area contributed by atoms with Crippen molar-refractivity contribution in [2.45, 2.75) is 5.75 Å². The van der Waals surface area contributed by atoms with Gasteiger partial charge in [0.15, 0.2) is 0 Å². The highest BCUT2D eigenvalue weighted by Crippen LogP contribution is 2.09. The lowest BCUT2D eigenvalue weighted by atomic mass is 10.4. The van der Waals surface area contributed by atoms with Crippen LogP contribution in [-0.2, 0) is 15.5 Å². The Hall–Kier alpha value is -0.420. The molecule has 0 saturated carbocycles. The number of pyridine rings is 1. The summed E-state index contributed by atoms with van der Waals surface area (Å²) in [6.45, 7) is 0. The van der Waals surface area contributed by atoms with Crippen LogP contribution in [0.25, 0.3) is 0 Å². The summed E-state index contributed by atoms with van der Waals surface area (Å²) in [5.74, 6) is 0.222. The maximum atomic E-state index is 11.1. The molecule has 0 fully saturated rings. The van der Waals surface area contributed by atoms with E-state index in [0.717, 1.165) is 4.47 Å². The fraction of sp³-hybridized carbons (Fsp3) is 0.286. The molecule has 12 heavy (non-hydrogen) atoms. The Labute approximate surface area is 80.3 Å². The molecule has 0 saturated heterocycles. The molecule has 0 radical (unpaired) electrons. The number of aromatic nitrogens is 1. The van der Waals surface area contributed by atoms with Crippen molar-refractivity contribution < 1.29 is 4.21 Å². The summed E-state index contributed by atoms with van der Waals surface area (Å²) in [7, 11) is -2.47. The van der Waals surface area contributed by atoms with Crippen LogP contribution in [0.5, 0.6) is 0 Å². The van der Waals surface area contributed by atoms with E-state index in [1.165, 1.54) is 6.26 Å². The summed E-state index contributed by atoms with van der Waals surface area (Å²) in [6.07, 6.45) is 3.05. The van der Waals surface area contributed by atoms with Crippen molar-refractivity contribution in [2.75, 3.05) is 6.26 Å². The summed E-state index contributed by atoms with van der Waals surface area (Å²) >= 11 is 3.24. The van der Waals surface area contributed by atoms with E-state index in [-0.39, 0.29) is 5.75 Å². The number of nitrogens with zero attached hydrogens (tertiary/aromatic N) is 1. The smallest absolute Gasteiger partial charge is 0.0736 e. The second-order valence-corrected chi connectivity index (χ2v) is 5.83. The van der Waals surface area contributed by atoms with Crippen LogP contribution in [0.3, 0.4) is 0 Å². The topological polar surface area (TPSA) is 53.8 Å². The number of hydrogen-bond acceptors (Lipinski definition) is 3. The first kappa shape index (κ1) is 9.67. The molecule has 0 spiro atoms. The molecule has 0 aliphatic heterocycles. The van der Waals surface area contributed by atoms with E-state index in [4.69, 9.17) is 4.78 Å². The van der Waals surface area contributed by atoms with E-state index >= 15 is 0 Å². The number of rotatable bonds is 2. The lowest BCUT2D eigenvalue weighted by Crippen LogP contribution is -2.00. The number of nitrogens with one attached hydrogen (secondary N) is 1. The van der Waals surface area contributed by atoms with Gasteiger partial charge in [0.1, 0.15) is 0 Å². The zero-order valence-electron chi connectivity index (χ0n) is 6.58. The zero-order valence-corrected chi connectivity index (χ0v) is 8.98. The predicted molar refractivity (Wildman–Crippen MR) is 52.4 cm³/mol. The van der Waals surface area contributed by atoms with Crippen LogP contribution in [0.1, 0.15) is 5.69 Å². The zero-order chi connectivity index (χ0) is 9.19. The van der Waals surface area contributed by atoms with Gasteiger partial charge in [-0.3, -0.25) is 9.76 Å². The van der Waals surface area contributed by atoms with Crippen molar-refractivity contribution >= 4 is 25.7 Å². The quantitative estimate of drug-likeness (QED) is 0.871. The summed E-state index contributed by atoms with van der Waals surface area (Å²) in [5.41, 5.74) is 0.695. The van der Waals surface area contributed by atoms with Crippen LogP contribution in [0, 0.1) is 4.78 Å². The third-order valence-electron chi connectivity index (χ3n) is 1.21. The van der Waals surface area contributed by atoms with Crippen molar-refractivity contribution in [3.05, 3.63) is 28.5 Å². The lowest BCUT2D eigenvalue weighted by Gasteiger charge is -1.99. The maximum Gasteiger partial charge on any atom is 0.0736 e. The van der Waals surface area contributed by atoms with E-state index in [1.54, 1.807) is 12.3 Å². The Balaban J connectivity index is 2.85. The van der Waals surface area contributed by atoms with Crippen molar-refractivity contribution in [1.82, 2.24) is 4.98 Å². The molecular weight excluding hydrogens is 240 g/mol. The maximum absolute atomic E-state index is 11.1. The molecule has 0 aliphatic rings. The Morgan fingerprint density at radius 1 is 1.67 bits per heavy atom. The minimum Gasteiger partial charge on any atom is -0.259 e. The van der Waals surface area contributed by atoms with Crippen LogP contribution >= 0.6 is 15.9 Å². The molecule has 0 bridgehead atoms. The van der Waals surface area contributed by atoms with Crippen molar-refractivity contribution in [1.29, 1.82) is 4.78 Å². The first-order valence-electron chi connectivity index (χ1n) is 3.29. The Kier molecular flexibility index (Phi) is 2.85. The third-order valence-corrected chi connectivity index (χ3v) is 2.53. The SMILES string of the molecule is CS(=N)(=O)Cc1ccc(Br)cn1. The Morgan fingerprint density at radius 3 is 2.75 bits per heavy atom. The van der Waals surface area contributed by atoms with Crippen LogP contribution < -0.4 is 0 Å². The highest BCUT2D eigenvalue weighted by Gasteiger charge is 2.01. The molecular formula is C7H9BrN2OS. The summed E-state index contributed by atoms with van der Waals surface area (Å²) < 4.78 is 19.1. The molecule has 5 heteroatoms. The van der Waals surface area contributed by atoms with Gasteiger partial charge in [-0.05, 0) is 28.1 Å². The molecule has 1 N–H and O–H groups in total. The molecule has 0 amide bonds. The Morgan fingerprint density at radius 2 is 2.33 bits per heavy atom. The largest absolute Gasteiger partial charge is 0.259 e. The highest BCUT2D eigenvalue weighted by atomic mass is 79.9. The molecule has 1 atom stereocenters. The fourth-order valence-electron chi connectivity index (χ4n) is 0.774. The molecule has 1 unspecified atom stereocenters. The van der Waals surface area contributed by atoms with Crippen molar-refractivity contribution in [2.24, 2.45) is 0 Å². The van der Waals surface area contributed by atoms with E-state index in [2.05, 4.69) is 20.9 Å².